The van der Waals surface area contributed by atoms with Gasteiger partial charge in [0.05, 0.1) is 5.69 Å². The van der Waals surface area contributed by atoms with E-state index in [0.717, 1.165) is 5.69 Å². The van der Waals surface area contributed by atoms with E-state index < -0.39 is 0 Å². The van der Waals surface area contributed by atoms with E-state index in [1.54, 1.807) is 16.8 Å². The van der Waals surface area contributed by atoms with Crippen molar-refractivity contribution in [3.8, 4) is 5.69 Å². The lowest BCUT2D eigenvalue weighted by Gasteiger charge is -2.04. The van der Waals surface area contributed by atoms with Crippen molar-refractivity contribution in [1.29, 1.82) is 0 Å². The van der Waals surface area contributed by atoms with Crippen molar-refractivity contribution in [3.63, 3.8) is 0 Å². The Hall–Kier alpha value is -1.75. The number of rotatable bonds is 3. The molecule has 0 aliphatic carbocycles. The lowest BCUT2D eigenvalue weighted by atomic mass is 10.3. The fraction of sp³-hybridized carbons (Fsp3) is 0.273. The number of anilines is 2. The molecule has 0 saturated carbocycles. The molecule has 0 fully saturated rings. The number of nitrogens with one attached hydrogen (secondary N) is 1. The zero-order valence-corrected chi connectivity index (χ0v) is 10.4. The van der Waals surface area contributed by atoms with E-state index in [9.17, 15) is 0 Å². The lowest BCUT2D eigenvalue weighted by molar-refractivity contribution is 0.849. The topological polar surface area (TPSA) is 68.8 Å². The van der Waals surface area contributed by atoms with E-state index in [2.05, 4.69) is 15.4 Å². The quantitative estimate of drug-likeness (QED) is 0.879. The van der Waals surface area contributed by atoms with Crippen LogP contribution in [0.15, 0.2) is 24.3 Å². The van der Waals surface area contributed by atoms with Crippen LogP contribution in [-0.4, -0.2) is 20.8 Å². The smallest absolute Gasteiger partial charge is 0.244 e. The number of halogens is 1. The normalized spacial score (nSPS) is 10.8. The second-order valence-electron chi connectivity index (χ2n) is 3.98. The van der Waals surface area contributed by atoms with E-state index in [-0.39, 0.29) is 6.04 Å². The first-order valence-corrected chi connectivity index (χ1v) is 5.69. The third-order valence-electron chi connectivity index (χ3n) is 2.12. The van der Waals surface area contributed by atoms with Crippen LogP contribution in [0, 0.1) is 0 Å². The molecule has 2 rings (SSSR count). The number of nitrogens with zero attached hydrogens (tertiary/aromatic N) is 3. The minimum absolute atomic E-state index is 0.260. The van der Waals surface area contributed by atoms with Crippen LogP contribution in [0.25, 0.3) is 5.69 Å². The van der Waals surface area contributed by atoms with Crippen molar-refractivity contribution >= 4 is 23.5 Å². The summed E-state index contributed by atoms with van der Waals surface area (Å²) in [4.78, 5) is 4.14. The summed E-state index contributed by atoms with van der Waals surface area (Å²) >= 11 is 5.82. The van der Waals surface area contributed by atoms with Gasteiger partial charge >= 0.3 is 0 Å². The highest BCUT2D eigenvalue weighted by Gasteiger charge is 2.09. The third-order valence-corrected chi connectivity index (χ3v) is 2.37. The van der Waals surface area contributed by atoms with Gasteiger partial charge in [-0.15, -0.1) is 5.10 Å². The zero-order valence-electron chi connectivity index (χ0n) is 9.68. The van der Waals surface area contributed by atoms with Gasteiger partial charge in [0.25, 0.3) is 0 Å². The summed E-state index contributed by atoms with van der Waals surface area (Å²) < 4.78 is 1.57. The van der Waals surface area contributed by atoms with E-state index in [1.807, 2.05) is 26.0 Å². The fourth-order valence-corrected chi connectivity index (χ4v) is 1.54. The molecule has 0 spiro atoms. The Bertz CT molecular complexity index is 503. The molecule has 17 heavy (non-hydrogen) atoms. The van der Waals surface area contributed by atoms with Crippen LogP contribution in [0.2, 0.25) is 5.02 Å². The van der Waals surface area contributed by atoms with Crippen LogP contribution in [0.3, 0.4) is 0 Å². The minimum Gasteiger partial charge on any atom is -0.368 e. The molecule has 6 heteroatoms. The molecule has 1 aromatic carbocycles. The minimum atomic E-state index is 0.260. The number of nitrogen functional groups attached to an aromatic ring is 1. The Morgan fingerprint density at radius 1 is 1.29 bits per heavy atom. The maximum atomic E-state index is 5.82. The molecule has 0 aliphatic rings. The molecular formula is C11H14ClN5. The van der Waals surface area contributed by atoms with Gasteiger partial charge in [-0.2, -0.15) is 9.67 Å². The van der Waals surface area contributed by atoms with Crippen molar-refractivity contribution in [2.24, 2.45) is 0 Å². The third kappa shape index (κ3) is 2.68. The zero-order chi connectivity index (χ0) is 12.4. The highest BCUT2D eigenvalue weighted by molar-refractivity contribution is 6.30. The van der Waals surface area contributed by atoms with E-state index in [4.69, 9.17) is 17.3 Å². The summed E-state index contributed by atoms with van der Waals surface area (Å²) in [7, 11) is 0. The fourth-order valence-electron chi connectivity index (χ4n) is 1.42. The molecule has 2 aromatic rings. The van der Waals surface area contributed by atoms with Crippen LogP contribution in [-0.2, 0) is 0 Å². The van der Waals surface area contributed by atoms with Gasteiger partial charge in [0, 0.05) is 11.1 Å². The Kier molecular flexibility index (Phi) is 3.19. The molecule has 3 N–H and O–H groups in total. The summed E-state index contributed by atoms with van der Waals surface area (Å²) in [6.45, 7) is 4.03. The van der Waals surface area contributed by atoms with E-state index in [1.165, 1.54) is 0 Å². The van der Waals surface area contributed by atoms with Crippen LogP contribution in [0.4, 0.5) is 11.9 Å². The van der Waals surface area contributed by atoms with Gasteiger partial charge in [-0.1, -0.05) is 11.6 Å². The average molecular weight is 252 g/mol. The first kappa shape index (κ1) is 11.7. The molecular weight excluding hydrogens is 238 g/mol. The lowest BCUT2D eigenvalue weighted by Crippen LogP contribution is -2.11. The highest BCUT2D eigenvalue weighted by Crippen LogP contribution is 2.16. The Labute approximate surface area is 105 Å². The second-order valence-corrected chi connectivity index (χ2v) is 4.42. The van der Waals surface area contributed by atoms with Crippen molar-refractivity contribution in [1.82, 2.24) is 14.8 Å². The standard InChI is InChI=1S/C11H14ClN5/c1-7(2)14-11-15-10(13)17(16-11)9-5-3-8(12)4-6-9/h3-7H,1-2H3,(H3,13,14,15,16). The van der Waals surface area contributed by atoms with Gasteiger partial charge in [-0.25, -0.2) is 0 Å². The predicted molar refractivity (Wildman–Crippen MR) is 69.5 cm³/mol. The molecule has 0 atom stereocenters. The SMILES string of the molecule is CC(C)Nc1nc(N)n(-c2ccc(Cl)cc2)n1. The Morgan fingerprint density at radius 2 is 1.94 bits per heavy atom. The van der Waals surface area contributed by atoms with Crippen LogP contribution >= 0.6 is 11.6 Å². The summed E-state index contributed by atoms with van der Waals surface area (Å²) in [6.07, 6.45) is 0. The summed E-state index contributed by atoms with van der Waals surface area (Å²) in [5.74, 6) is 0.864. The Balaban J connectivity index is 2.32. The van der Waals surface area contributed by atoms with Crippen LogP contribution in [0.1, 0.15) is 13.8 Å². The number of hydrogen-bond acceptors (Lipinski definition) is 4. The Morgan fingerprint density at radius 3 is 2.53 bits per heavy atom. The average Bonchev–Trinajstić information content (AvgIpc) is 2.59. The van der Waals surface area contributed by atoms with Crippen molar-refractivity contribution in [3.05, 3.63) is 29.3 Å². The molecule has 0 saturated heterocycles. The van der Waals surface area contributed by atoms with Gasteiger partial charge in [0.15, 0.2) is 0 Å². The molecule has 90 valence electrons. The summed E-state index contributed by atoms with van der Waals surface area (Å²) in [5.41, 5.74) is 6.63. The second kappa shape index (κ2) is 4.63. The molecule has 0 bridgehead atoms. The van der Waals surface area contributed by atoms with Gasteiger partial charge < -0.3 is 11.1 Å². The highest BCUT2D eigenvalue weighted by atomic mass is 35.5. The van der Waals surface area contributed by atoms with Crippen molar-refractivity contribution in [2.75, 3.05) is 11.1 Å². The maximum absolute atomic E-state index is 5.82. The van der Waals surface area contributed by atoms with Crippen molar-refractivity contribution < 1.29 is 0 Å². The molecule has 0 unspecified atom stereocenters. The van der Waals surface area contributed by atoms with E-state index in [0.29, 0.717) is 16.9 Å². The van der Waals surface area contributed by atoms with Gasteiger partial charge in [0.1, 0.15) is 0 Å². The molecule has 0 aliphatic heterocycles. The van der Waals surface area contributed by atoms with Crippen molar-refractivity contribution in [2.45, 2.75) is 19.9 Å². The van der Waals surface area contributed by atoms with Gasteiger partial charge in [-0.05, 0) is 38.1 Å². The van der Waals surface area contributed by atoms with E-state index >= 15 is 0 Å². The molecule has 0 radical (unpaired) electrons. The summed E-state index contributed by atoms with van der Waals surface area (Å²) in [5, 5.41) is 8.05. The molecule has 1 aromatic heterocycles. The van der Waals surface area contributed by atoms with Gasteiger partial charge in [-0.3, -0.25) is 0 Å². The van der Waals surface area contributed by atoms with Gasteiger partial charge in [0.2, 0.25) is 11.9 Å². The monoisotopic (exact) mass is 251 g/mol. The van der Waals surface area contributed by atoms with Crippen LogP contribution < -0.4 is 11.1 Å². The predicted octanol–water partition coefficient (Wildman–Crippen LogP) is 2.32. The molecule has 0 amide bonds. The molecule has 5 nitrogen and oxygen atoms in total. The largest absolute Gasteiger partial charge is 0.368 e. The number of nitrogens with two attached hydrogens (primary N) is 1. The first-order valence-electron chi connectivity index (χ1n) is 5.31. The summed E-state index contributed by atoms with van der Waals surface area (Å²) in [6, 6.07) is 7.51. The number of aromatic nitrogens is 3. The molecule has 1 heterocycles. The first-order chi connectivity index (χ1) is 8.06. The number of benzene rings is 1. The maximum Gasteiger partial charge on any atom is 0.244 e. The number of hydrogen-bond donors (Lipinski definition) is 2. The van der Waals surface area contributed by atoms with Crippen LogP contribution in [0.5, 0.6) is 0 Å².